The van der Waals surface area contributed by atoms with E-state index in [2.05, 4.69) is 59.2 Å². The first-order valence-electron chi connectivity index (χ1n) is 21.8. The van der Waals surface area contributed by atoms with Crippen LogP contribution in [0.3, 0.4) is 0 Å². The van der Waals surface area contributed by atoms with Crippen molar-refractivity contribution in [1.82, 2.24) is 0 Å². The average Bonchev–Trinajstić information content (AvgIpc) is 3.42. The molecular weight excluding hydrogens is 985 g/mol. The maximum absolute atomic E-state index is 13.2. The van der Waals surface area contributed by atoms with Crippen LogP contribution in [0.5, 0.6) is 0 Å². The highest BCUT2D eigenvalue weighted by Crippen LogP contribution is 2.28. The summed E-state index contributed by atoms with van der Waals surface area (Å²) >= 11 is 0. The Hall–Kier alpha value is -7.80. The van der Waals surface area contributed by atoms with Gasteiger partial charge in [-0.1, -0.05) is 59.2 Å². The number of esters is 10. The molecule has 0 aromatic carbocycles. The number of rotatable bonds is 43. The van der Waals surface area contributed by atoms with Crippen molar-refractivity contribution >= 4 is 59.7 Å². The van der Waals surface area contributed by atoms with E-state index in [0.29, 0.717) is 0 Å². The zero-order chi connectivity index (χ0) is 56.1. The highest BCUT2D eigenvalue weighted by Gasteiger charge is 2.42. The summed E-state index contributed by atoms with van der Waals surface area (Å²) in [5.41, 5.74) is -6.56. The second kappa shape index (κ2) is 36.2. The van der Waals surface area contributed by atoms with Crippen molar-refractivity contribution in [3.05, 3.63) is 114 Å². The van der Waals surface area contributed by atoms with Gasteiger partial charge in [0.05, 0.1) is 74.3 Å². The molecule has 0 aromatic rings. The normalized spacial score (nSPS) is 11.7. The first kappa shape index (κ1) is 66.2. The maximum Gasteiger partial charge on any atom is 0.330 e. The van der Waals surface area contributed by atoms with Crippen molar-refractivity contribution in [2.24, 2.45) is 21.7 Å². The molecule has 0 heterocycles. The van der Waals surface area contributed by atoms with Crippen LogP contribution in [-0.2, 0) is 110 Å². The molecule has 0 bridgehead atoms. The molecule has 1 unspecified atom stereocenters. The molecule has 1 N–H and O–H groups in total. The SMILES string of the molecule is C=CC(=O)OCC(COCCC(=O)OCC(CO)(COCC(COC(=O)C=C)(COC(=O)C=C)COC(=O)C=C)COC(=O)C=C)(COCC(COC(=O)C=C)(COC(=O)C=C)COC(=O)C=C)COC(=O)C=C. The Bertz CT molecular complexity index is 1890. The molecule has 24 nitrogen and oxygen atoms in total. The number of hydrogen-bond donors (Lipinski definition) is 1. The fourth-order valence-corrected chi connectivity index (χ4v) is 5.28. The molecular formula is C50H64O24. The van der Waals surface area contributed by atoms with Crippen molar-refractivity contribution in [1.29, 1.82) is 0 Å². The van der Waals surface area contributed by atoms with E-state index in [1.165, 1.54) is 0 Å². The lowest BCUT2D eigenvalue weighted by molar-refractivity contribution is -0.170. The van der Waals surface area contributed by atoms with E-state index in [0.717, 1.165) is 54.7 Å². The summed E-state index contributed by atoms with van der Waals surface area (Å²) in [5, 5.41) is 10.6. The Morgan fingerprint density at radius 2 is 0.473 bits per heavy atom. The summed E-state index contributed by atoms with van der Waals surface area (Å²) in [4.78, 5) is 123. The zero-order valence-electron chi connectivity index (χ0n) is 41.1. The van der Waals surface area contributed by atoms with Crippen molar-refractivity contribution in [3.8, 4) is 0 Å². The zero-order valence-corrected chi connectivity index (χ0v) is 41.1. The standard InChI is InChI=1S/C50H64O24/c1-10-37(52)65-27-47(21-51,22-63-25-49(31-68-40(55)13-4,32-69-41(56)14-5)33-70-42(57)15-6)28-74-46(61)19-20-62-23-48(29-66-38(53)11-2,30-67-39(54)12-3)24-64-26-50(34-71-43(58)16-7,35-72-44(59)17-8)36-73-45(60)18-9/h10-18,51H,1-9,19-36H2. The molecule has 1 atom stereocenters. The van der Waals surface area contributed by atoms with Gasteiger partial charge in [-0.05, 0) is 0 Å². The molecule has 0 fully saturated rings. The van der Waals surface area contributed by atoms with Gasteiger partial charge in [-0.25, -0.2) is 43.2 Å². The number of hydrogen-bond acceptors (Lipinski definition) is 24. The molecule has 0 saturated carbocycles. The van der Waals surface area contributed by atoms with E-state index in [-0.39, 0.29) is 0 Å². The van der Waals surface area contributed by atoms with Crippen molar-refractivity contribution in [2.75, 3.05) is 112 Å². The van der Waals surface area contributed by atoms with Crippen LogP contribution < -0.4 is 0 Å². The first-order valence-corrected chi connectivity index (χ1v) is 21.8. The third-order valence-corrected chi connectivity index (χ3v) is 9.55. The van der Waals surface area contributed by atoms with Gasteiger partial charge in [-0.15, -0.1) is 0 Å². The monoisotopic (exact) mass is 1050 g/mol. The molecule has 0 radical (unpaired) electrons. The minimum Gasteiger partial charge on any atom is -0.465 e. The van der Waals surface area contributed by atoms with Crippen LogP contribution in [0.15, 0.2) is 114 Å². The summed E-state index contributed by atoms with van der Waals surface area (Å²) in [7, 11) is 0. The molecule has 0 amide bonds. The molecule has 0 aliphatic carbocycles. The van der Waals surface area contributed by atoms with Crippen LogP contribution in [0.2, 0.25) is 0 Å². The van der Waals surface area contributed by atoms with Crippen LogP contribution in [0, 0.1) is 21.7 Å². The molecule has 24 heteroatoms. The van der Waals surface area contributed by atoms with Gasteiger partial charge >= 0.3 is 59.7 Å². The second-order valence-electron chi connectivity index (χ2n) is 15.9. The molecule has 0 spiro atoms. The largest absolute Gasteiger partial charge is 0.465 e. The summed E-state index contributed by atoms with van der Waals surface area (Å²) in [5.74, 6) is -9.14. The number of carbonyl (C=O) groups is 10. The van der Waals surface area contributed by atoms with Gasteiger partial charge in [0.15, 0.2) is 0 Å². The van der Waals surface area contributed by atoms with Crippen LogP contribution in [0.4, 0.5) is 0 Å². The lowest BCUT2D eigenvalue weighted by atomic mass is 9.90. The van der Waals surface area contributed by atoms with Gasteiger partial charge in [0.1, 0.15) is 66.1 Å². The molecule has 74 heavy (non-hydrogen) atoms. The maximum atomic E-state index is 13.2. The average molecular weight is 1050 g/mol. The fraction of sp³-hybridized carbons (Fsp3) is 0.440. The summed E-state index contributed by atoms with van der Waals surface area (Å²) < 4.78 is 70.3. The summed E-state index contributed by atoms with van der Waals surface area (Å²) in [6.07, 6.45) is 7.08. The van der Waals surface area contributed by atoms with E-state index in [1.807, 2.05) is 0 Å². The molecule has 0 rings (SSSR count). The molecule has 0 aliphatic heterocycles. The Labute approximate surface area is 427 Å². The minimum atomic E-state index is -1.71. The third kappa shape index (κ3) is 27.1. The van der Waals surface area contributed by atoms with E-state index < -0.39 is 200 Å². The lowest BCUT2D eigenvalue weighted by Gasteiger charge is -2.35. The number of aliphatic hydroxyl groups excluding tert-OH is 1. The summed E-state index contributed by atoms with van der Waals surface area (Å²) in [6.45, 7) is 20.1. The lowest BCUT2D eigenvalue weighted by Crippen LogP contribution is -2.47. The van der Waals surface area contributed by atoms with Crippen LogP contribution >= 0.6 is 0 Å². The second-order valence-corrected chi connectivity index (χ2v) is 15.9. The van der Waals surface area contributed by atoms with Crippen molar-refractivity contribution in [3.63, 3.8) is 0 Å². The van der Waals surface area contributed by atoms with Gasteiger partial charge in [-0.3, -0.25) is 4.79 Å². The van der Waals surface area contributed by atoms with Crippen LogP contribution in [0.25, 0.3) is 0 Å². The van der Waals surface area contributed by atoms with E-state index >= 15 is 0 Å². The molecule has 0 saturated heterocycles. The number of ether oxygens (including phenoxy) is 13. The summed E-state index contributed by atoms with van der Waals surface area (Å²) in [6, 6.07) is 0. The smallest absolute Gasteiger partial charge is 0.330 e. The van der Waals surface area contributed by atoms with Crippen LogP contribution in [0.1, 0.15) is 6.42 Å². The van der Waals surface area contributed by atoms with E-state index in [9.17, 15) is 53.1 Å². The van der Waals surface area contributed by atoms with Crippen LogP contribution in [-0.4, -0.2) is 177 Å². The Balaban J connectivity index is 6.69. The topological polar surface area (TPSA) is 311 Å². The van der Waals surface area contributed by atoms with E-state index in [4.69, 9.17) is 61.6 Å². The van der Waals surface area contributed by atoms with Crippen molar-refractivity contribution in [2.45, 2.75) is 6.42 Å². The highest BCUT2D eigenvalue weighted by atomic mass is 16.6. The Morgan fingerprint density at radius 3 is 0.703 bits per heavy atom. The number of aliphatic hydroxyl groups is 1. The molecule has 0 aliphatic rings. The van der Waals surface area contributed by atoms with Crippen molar-refractivity contribution < 1.29 is 115 Å². The van der Waals surface area contributed by atoms with Gasteiger partial charge in [0.25, 0.3) is 0 Å². The Kier molecular flexibility index (Phi) is 32.4. The molecule has 0 aromatic heterocycles. The van der Waals surface area contributed by atoms with Gasteiger partial charge < -0.3 is 66.7 Å². The van der Waals surface area contributed by atoms with Gasteiger partial charge in [0, 0.05) is 54.7 Å². The molecule has 408 valence electrons. The first-order chi connectivity index (χ1) is 35.2. The Morgan fingerprint density at radius 1 is 0.284 bits per heavy atom. The highest BCUT2D eigenvalue weighted by molar-refractivity contribution is 5.84. The van der Waals surface area contributed by atoms with Gasteiger partial charge in [-0.2, -0.15) is 0 Å². The predicted molar refractivity (Wildman–Crippen MR) is 255 cm³/mol. The predicted octanol–water partition coefficient (Wildman–Crippen LogP) is 1.47. The van der Waals surface area contributed by atoms with Gasteiger partial charge in [0.2, 0.25) is 0 Å². The van der Waals surface area contributed by atoms with E-state index in [1.54, 1.807) is 0 Å². The quantitative estimate of drug-likeness (QED) is 0.0391. The fourth-order valence-electron chi connectivity index (χ4n) is 5.28. The minimum absolute atomic E-state index is 0.436. The number of carbonyl (C=O) groups excluding carboxylic acids is 10. The third-order valence-electron chi connectivity index (χ3n) is 9.55.